The van der Waals surface area contributed by atoms with Gasteiger partial charge in [-0.05, 0) is 83.2 Å². The summed E-state index contributed by atoms with van der Waals surface area (Å²) in [6.07, 6.45) is 5.54. The average molecular weight is 499 g/mol. The number of aromatic carboxylic acids is 1. The molecule has 0 aromatic heterocycles. The SMILES string of the molecule is Cc1ccc(CSc2cc(C(=O)C=Cc3ccc(C(=O)O)cc3)cc3c2C(C)(C)CCC3(C)C)cc1. The van der Waals surface area contributed by atoms with Crippen LogP contribution in [0.1, 0.15) is 89.1 Å². The predicted octanol–water partition coefficient (Wildman–Crippen LogP) is 8.23. The summed E-state index contributed by atoms with van der Waals surface area (Å²) >= 11 is 1.82. The van der Waals surface area contributed by atoms with E-state index >= 15 is 0 Å². The number of aryl methyl sites for hydroxylation is 1. The Morgan fingerprint density at radius 3 is 2.17 bits per heavy atom. The van der Waals surface area contributed by atoms with E-state index in [1.165, 1.54) is 27.1 Å². The number of carboxylic acid groups (broad SMARTS) is 1. The van der Waals surface area contributed by atoms with Crippen molar-refractivity contribution >= 4 is 29.6 Å². The molecular formula is C32H34O3S. The monoisotopic (exact) mass is 498 g/mol. The molecule has 0 saturated carbocycles. The largest absolute Gasteiger partial charge is 0.478 e. The standard InChI is InChI=1S/C32H34O3S/c1-21-6-8-23(9-7-21)20-36-28-19-25(18-26-29(28)32(4,5)17-16-31(26,2)3)27(33)15-12-22-10-13-24(14-11-22)30(34)35/h6-15,18-19H,16-17,20H2,1-5H3,(H,34,35). The number of carboxylic acids is 1. The predicted molar refractivity (Wildman–Crippen MR) is 149 cm³/mol. The van der Waals surface area contributed by atoms with Crippen LogP contribution >= 0.6 is 11.8 Å². The van der Waals surface area contributed by atoms with Gasteiger partial charge >= 0.3 is 5.97 Å². The molecule has 0 unspecified atom stereocenters. The van der Waals surface area contributed by atoms with Crippen LogP contribution in [0.15, 0.2) is 71.6 Å². The minimum absolute atomic E-state index is 0.00328. The lowest BCUT2D eigenvalue weighted by molar-refractivity contribution is 0.0696. The molecule has 0 bridgehead atoms. The van der Waals surface area contributed by atoms with E-state index in [2.05, 4.69) is 71.0 Å². The summed E-state index contributed by atoms with van der Waals surface area (Å²) in [7, 11) is 0. The van der Waals surface area contributed by atoms with E-state index in [4.69, 9.17) is 5.11 Å². The normalized spacial score (nSPS) is 16.0. The van der Waals surface area contributed by atoms with Crippen LogP contribution in [0.25, 0.3) is 6.08 Å². The van der Waals surface area contributed by atoms with E-state index in [0.29, 0.717) is 5.56 Å². The van der Waals surface area contributed by atoms with Crippen LogP contribution in [0.3, 0.4) is 0 Å². The Kier molecular flexibility index (Phi) is 7.28. The molecule has 186 valence electrons. The second-order valence-corrected chi connectivity index (χ2v) is 12.1. The van der Waals surface area contributed by atoms with Gasteiger partial charge in [0.1, 0.15) is 0 Å². The quantitative estimate of drug-likeness (QED) is 0.202. The Labute approximate surface area is 218 Å². The highest BCUT2D eigenvalue weighted by molar-refractivity contribution is 7.98. The lowest BCUT2D eigenvalue weighted by atomic mass is 9.63. The molecule has 3 aromatic rings. The number of hydrogen-bond acceptors (Lipinski definition) is 3. The van der Waals surface area contributed by atoms with Gasteiger partial charge in [-0.2, -0.15) is 0 Å². The number of rotatable bonds is 7. The average Bonchev–Trinajstić information content (AvgIpc) is 2.85. The number of carbonyl (C=O) groups excluding carboxylic acids is 1. The van der Waals surface area contributed by atoms with Crippen molar-refractivity contribution in [2.24, 2.45) is 0 Å². The summed E-state index contributed by atoms with van der Waals surface area (Å²) in [4.78, 5) is 25.6. The first kappa shape index (κ1) is 26.0. The van der Waals surface area contributed by atoms with Crippen molar-refractivity contribution in [3.63, 3.8) is 0 Å². The van der Waals surface area contributed by atoms with Crippen molar-refractivity contribution in [2.75, 3.05) is 0 Å². The highest BCUT2D eigenvalue weighted by Gasteiger charge is 2.39. The Morgan fingerprint density at radius 1 is 0.889 bits per heavy atom. The molecular weight excluding hydrogens is 464 g/mol. The fraction of sp³-hybridized carbons (Fsp3) is 0.312. The number of carbonyl (C=O) groups is 2. The number of allylic oxidation sites excluding steroid dienone is 1. The molecule has 0 radical (unpaired) electrons. The molecule has 0 atom stereocenters. The van der Waals surface area contributed by atoms with Gasteiger partial charge in [-0.25, -0.2) is 4.79 Å². The molecule has 4 rings (SSSR count). The first-order valence-electron chi connectivity index (χ1n) is 12.4. The Hall–Kier alpha value is -3.11. The van der Waals surface area contributed by atoms with Crippen LogP contribution in [-0.4, -0.2) is 16.9 Å². The maximum Gasteiger partial charge on any atom is 0.335 e. The summed E-state index contributed by atoms with van der Waals surface area (Å²) in [5, 5.41) is 9.10. The third kappa shape index (κ3) is 5.65. The van der Waals surface area contributed by atoms with Gasteiger partial charge in [0, 0.05) is 16.2 Å². The molecule has 3 aromatic carbocycles. The smallest absolute Gasteiger partial charge is 0.335 e. The fourth-order valence-electron chi connectivity index (χ4n) is 4.84. The van der Waals surface area contributed by atoms with E-state index in [9.17, 15) is 9.59 Å². The summed E-state index contributed by atoms with van der Waals surface area (Å²) in [6, 6.07) is 19.4. The topological polar surface area (TPSA) is 54.4 Å². The number of thioether (sulfide) groups is 1. The van der Waals surface area contributed by atoms with Gasteiger partial charge in [0.2, 0.25) is 0 Å². The van der Waals surface area contributed by atoms with Gasteiger partial charge in [0.15, 0.2) is 5.78 Å². The summed E-state index contributed by atoms with van der Waals surface area (Å²) in [5.41, 5.74) is 6.94. The summed E-state index contributed by atoms with van der Waals surface area (Å²) < 4.78 is 0. The molecule has 0 aliphatic heterocycles. The van der Waals surface area contributed by atoms with E-state index < -0.39 is 5.97 Å². The molecule has 0 fully saturated rings. The van der Waals surface area contributed by atoms with Crippen LogP contribution in [0.4, 0.5) is 0 Å². The van der Waals surface area contributed by atoms with Crippen LogP contribution < -0.4 is 0 Å². The van der Waals surface area contributed by atoms with Crippen LogP contribution in [0.5, 0.6) is 0 Å². The Balaban J connectivity index is 1.69. The number of benzene rings is 3. The first-order chi connectivity index (χ1) is 17.0. The van der Waals surface area contributed by atoms with Crippen LogP contribution in [-0.2, 0) is 16.6 Å². The zero-order valence-electron chi connectivity index (χ0n) is 21.7. The number of hydrogen-bond donors (Lipinski definition) is 1. The molecule has 0 amide bonds. The molecule has 0 spiro atoms. The van der Waals surface area contributed by atoms with Crippen molar-refractivity contribution < 1.29 is 14.7 Å². The molecule has 3 nitrogen and oxygen atoms in total. The molecule has 0 heterocycles. The number of ketones is 1. The Bertz CT molecular complexity index is 1310. The minimum Gasteiger partial charge on any atom is -0.478 e. The van der Waals surface area contributed by atoms with E-state index in [1.807, 2.05) is 11.8 Å². The van der Waals surface area contributed by atoms with Crippen molar-refractivity contribution in [3.8, 4) is 0 Å². The molecule has 1 aliphatic carbocycles. The van der Waals surface area contributed by atoms with Gasteiger partial charge < -0.3 is 5.11 Å². The Morgan fingerprint density at radius 2 is 1.53 bits per heavy atom. The van der Waals surface area contributed by atoms with E-state index in [-0.39, 0.29) is 22.2 Å². The zero-order chi connectivity index (χ0) is 26.1. The van der Waals surface area contributed by atoms with Crippen molar-refractivity contribution in [2.45, 2.75) is 68.9 Å². The van der Waals surface area contributed by atoms with E-state index in [1.54, 1.807) is 36.4 Å². The zero-order valence-corrected chi connectivity index (χ0v) is 22.5. The third-order valence-electron chi connectivity index (χ3n) is 7.27. The van der Waals surface area contributed by atoms with Crippen molar-refractivity contribution in [1.82, 2.24) is 0 Å². The highest BCUT2D eigenvalue weighted by Crippen LogP contribution is 2.50. The summed E-state index contributed by atoms with van der Waals surface area (Å²) in [5.74, 6) is -0.152. The first-order valence-corrected chi connectivity index (χ1v) is 13.4. The number of fused-ring (bicyclic) bond motifs is 1. The molecule has 4 heteroatoms. The van der Waals surface area contributed by atoms with Crippen LogP contribution in [0, 0.1) is 6.92 Å². The van der Waals surface area contributed by atoms with Gasteiger partial charge in [-0.3, -0.25) is 4.79 Å². The van der Waals surface area contributed by atoms with Crippen LogP contribution in [0.2, 0.25) is 0 Å². The molecule has 1 aliphatic rings. The molecule has 1 N–H and O–H groups in total. The maximum absolute atomic E-state index is 13.3. The minimum atomic E-state index is -0.961. The maximum atomic E-state index is 13.3. The second-order valence-electron chi connectivity index (χ2n) is 11.1. The van der Waals surface area contributed by atoms with E-state index in [0.717, 1.165) is 24.2 Å². The highest BCUT2D eigenvalue weighted by atomic mass is 32.2. The third-order valence-corrected chi connectivity index (χ3v) is 8.38. The van der Waals surface area contributed by atoms with Crippen molar-refractivity contribution in [1.29, 1.82) is 0 Å². The molecule has 0 saturated heterocycles. The van der Waals surface area contributed by atoms with Gasteiger partial charge in [0.25, 0.3) is 0 Å². The van der Waals surface area contributed by atoms with Crippen molar-refractivity contribution in [3.05, 3.63) is 106 Å². The fourth-order valence-corrected chi connectivity index (χ4v) is 6.09. The summed E-state index contributed by atoms with van der Waals surface area (Å²) in [6.45, 7) is 11.3. The van der Waals surface area contributed by atoms with Gasteiger partial charge in [-0.1, -0.05) is 75.7 Å². The lowest BCUT2D eigenvalue weighted by Crippen LogP contribution is -2.34. The van der Waals surface area contributed by atoms with Gasteiger partial charge in [0.05, 0.1) is 5.56 Å². The molecule has 36 heavy (non-hydrogen) atoms. The lowest BCUT2D eigenvalue weighted by Gasteiger charge is -2.43. The van der Waals surface area contributed by atoms with Gasteiger partial charge in [-0.15, -0.1) is 11.8 Å². The second kappa shape index (κ2) is 10.1.